The molecule has 9 nitrogen and oxygen atoms in total. The number of rotatable bonds is 10. The Hall–Kier alpha value is -4.27. The number of carbonyl (C=O) groups excluding carboxylic acids is 5. The number of esters is 2. The number of nitrogens with zero attached hydrogens (tertiary/aromatic N) is 1. The fourth-order valence-electron chi connectivity index (χ4n) is 4.70. The molecule has 1 heterocycles. The Balaban J connectivity index is 1.39. The largest absolute Gasteiger partial charge is 0.462 e. The standard InChI is InChI=1S/C30H32N2O7/c1-19(2)17-38-29(36)21-12-14-22(15-13-21)31-26(33)18-39-30(37)25(16-20-8-4-3-5-9-20)32-27(34)23-10-6-7-11-24(23)28(32)35/h3-9,12-15,19,23-25H,10-11,16-18H2,1-2H3,(H,31,33)/t23-,24-,25+/m1/s1. The molecule has 4 rings (SSSR count). The van der Waals surface area contributed by atoms with Gasteiger partial charge < -0.3 is 14.8 Å². The van der Waals surface area contributed by atoms with Crippen molar-refractivity contribution >= 4 is 35.3 Å². The lowest BCUT2D eigenvalue weighted by molar-refractivity contribution is -0.159. The zero-order valence-electron chi connectivity index (χ0n) is 22.0. The zero-order valence-corrected chi connectivity index (χ0v) is 22.0. The predicted molar refractivity (Wildman–Crippen MR) is 142 cm³/mol. The van der Waals surface area contributed by atoms with Crippen LogP contribution in [0.15, 0.2) is 66.7 Å². The van der Waals surface area contributed by atoms with Gasteiger partial charge in [0.25, 0.3) is 5.91 Å². The Morgan fingerprint density at radius 1 is 0.897 bits per heavy atom. The van der Waals surface area contributed by atoms with Crippen LogP contribution in [-0.2, 0) is 35.1 Å². The Kier molecular flexibility index (Phi) is 8.91. The number of imide groups is 1. The molecule has 1 aliphatic carbocycles. The van der Waals surface area contributed by atoms with Gasteiger partial charge in [-0.2, -0.15) is 0 Å². The summed E-state index contributed by atoms with van der Waals surface area (Å²) in [6.07, 6.45) is 4.75. The van der Waals surface area contributed by atoms with Gasteiger partial charge in [-0.05, 0) is 48.6 Å². The highest BCUT2D eigenvalue weighted by atomic mass is 16.5. The average Bonchev–Trinajstić information content (AvgIpc) is 3.19. The van der Waals surface area contributed by atoms with Crippen LogP contribution in [0.3, 0.4) is 0 Å². The third-order valence-corrected chi connectivity index (χ3v) is 6.69. The smallest absolute Gasteiger partial charge is 0.338 e. The summed E-state index contributed by atoms with van der Waals surface area (Å²) in [6, 6.07) is 14.0. The van der Waals surface area contributed by atoms with Crippen LogP contribution in [0.5, 0.6) is 0 Å². The van der Waals surface area contributed by atoms with E-state index in [1.165, 1.54) is 12.1 Å². The normalized spacial score (nSPS) is 19.0. The SMILES string of the molecule is CC(C)COC(=O)c1ccc(NC(=O)COC(=O)[C@H](Cc2ccccc2)N2C(=O)[C@@H]3CC=CC[C@H]3C2=O)cc1. The first-order chi connectivity index (χ1) is 18.7. The number of hydrogen-bond acceptors (Lipinski definition) is 7. The Labute approximate surface area is 227 Å². The number of likely N-dealkylation sites (tertiary alicyclic amines) is 1. The first kappa shape index (κ1) is 27.8. The van der Waals surface area contributed by atoms with Crippen molar-refractivity contribution in [3.05, 3.63) is 77.9 Å². The van der Waals surface area contributed by atoms with E-state index in [2.05, 4.69) is 5.32 Å². The van der Waals surface area contributed by atoms with Gasteiger partial charge >= 0.3 is 11.9 Å². The molecule has 0 unspecified atom stereocenters. The number of ether oxygens (including phenoxy) is 2. The van der Waals surface area contributed by atoms with E-state index in [9.17, 15) is 24.0 Å². The average molecular weight is 533 g/mol. The zero-order chi connectivity index (χ0) is 27.9. The summed E-state index contributed by atoms with van der Waals surface area (Å²) >= 11 is 0. The summed E-state index contributed by atoms with van der Waals surface area (Å²) in [5.74, 6) is -3.41. The highest BCUT2D eigenvalue weighted by Crippen LogP contribution is 2.36. The molecule has 9 heteroatoms. The van der Waals surface area contributed by atoms with Gasteiger partial charge in [0.1, 0.15) is 6.04 Å². The summed E-state index contributed by atoms with van der Waals surface area (Å²) in [6.45, 7) is 3.58. The third kappa shape index (κ3) is 6.79. The van der Waals surface area contributed by atoms with Crippen molar-refractivity contribution < 1.29 is 33.4 Å². The molecule has 0 radical (unpaired) electrons. The lowest BCUT2D eigenvalue weighted by atomic mass is 9.85. The molecule has 0 spiro atoms. The topological polar surface area (TPSA) is 119 Å². The van der Waals surface area contributed by atoms with Crippen molar-refractivity contribution in [1.82, 2.24) is 4.90 Å². The van der Waals surface area contributed by atoms with Gasteiger partial charge in [-0.25, -0.2) is 9.59 Å². The summed E-state index contributed by atoms with van der Waals surface area (Å²) < 4.78 is 10.5. The molecule has 0 aromatic heterocycles. The second-order valence-electron chi connectivity index (χ2n) is 10.1. The van der Waals surface area contributed by atoms with E-state index in [1.807, 2.05) is 32.1 Å². The molecule has 2 aromatic rings. The molecule has 2 aromatic carbocycles. The summed E-state index contributed by atoms with van der Waals surface area (Å²) in [5, 5.41) is 2.61. The van der Waals surface area contributed by atoms with Gasteiger partial charge in [-0.3, -0.25) is 19.3 Å². The van der Waals surface area contributed by atoms with Gasteiger partial charge in [0.15, 0.2) is 6.61 Å². The second kappa shape index (κ2) is 12.5. The molecule has 1 aliphatic heterocycles. The molecule has 39 heavy (non-hydrogen) atoms. The van der Waals surface area contributed by atoms with Crippen molar-refractivity contribution in [2.24, 2.45) is 17.8 Å². The number of benzene rings is 2. The van der Waals surface area contributed by atoms with Crippen LogP contribution >= 0.6 is 0 Å². The van der Waals surface area contributed by atoms with Crippen LogP contribution < -0.4 is 5.32 Å². The monoisotopic (exact) mass is 532 g/mol. The number of anilines is 1. The van der Waals surface area contributed by atoms with Gasteiger partial charge in [0.2, 0.25) is 11.8 Å². The first-order valence-corrected chi connectivity index (χ1v) is 13.0. The lowest BCUT2D eigenvalue weighted by Crippen LogP contribution is -2.48. The van der Waals surface area contributed by atoms with Crippen LogP contribution in [0.25, 0.3) is 0 Å². The number of nitrogens with one attached hydrogen (secondary N) is 1. The molecular formula is C30H32N2O7. The Morgan fingerprint density at radius 2 is 1.51 bits per heavy atom. The third-order valence-electron chi connectivity index (χ3n) is 6.69. The molecule has 3 atom stereocenters. The van der Waals surface area contributed by atoms with Crippen molar-refractivity contribution in [3.8, 4) is 0 Å². The summed E-state index contributed by atoms with van der Waals surface area (Å²) in [5.41, 5.74) is 1.50. The molecule has 1 fully saturated rings. The van der Waals surface area contributed by atoms with Gasteiger partial charge in [-0.1, -0.05) is 56.3 Å². The van der Waals surface area contributed by atoms with E-state index in [0.29, 0.717) is 30.7 Å². The van der Waals surface area contributed by atoms with Crippen molar-refractivity contribution in [1.29, 1.82) is 0 Å². The summed E-state index contributed by atoms with van der Waals surface area (Å²) in [4.78, 5) is 65.2. The first-order valence-electron chi connectivity index (χ1n) is 13.0. The lowest BCUT2D eigenvalue weighted by Gasteiger charge is -2.25. The highest BCUT2D eigenvalue weighted by molar-refractivity contribution is 6.08. The minimum absolute atomic E-state index is 0.0833. The van der Waals surface area contributed by atoms with E-state index in [0.717, 1.165) is 10.5 Å². The van der Waals surface area contributed by atoms with Crippen LogP contribution in [-0.4, -0.2) is 53.8 Å². The number of amides is 3. The fourth-order valence-corrected chi connectivity index (χ4v) is 4.70. The molecule has 0 bridgehead atoms. The minimum Gasteiger partial charge on any atom is -0.462 e. The van der Waals surface area contributed by atoms with Gasteiger partial charge in [-0.15, -0.1) is 0 Å². The molecule has 2 aliphatic rings. The van der Waals surface area contributed by atoms with Crippen LogP contribution in [0.2, 0.25) is 0 Å². The van der Waals surface area contributed by atoms with Crippen molar-refractivity contribution in [2.75, 3.05) is 18.5 Å². The van der Waals surface area contributed by atoms with Crippen LogP contribution in [0.1, 0.15) is 42.6 Å². The number of hydrogen-bond donors (Lipinski definition) is 1. The maximum Gasteiger partial charge on any atom is 0.338 e. The maximum atomic E-state index is 13.2. The molecule has 0 saturated carbocycles. The molecule has 3 amide bonds. The molecule has 1 N–H and O–H groups in total. The maximum absolute atomic E-state index is 13.2. The van der Waals surface area contributed by atoms with Gasteiger partial charge in [0, 0.05) is 12.1 Å². The Morgan fingerprint density at radius 3 is 2.10 bits per heavy atom. The van der Waals surface area contributed by atoms with Crippen molar-refractivity contribution in [3.63, 3.8) is 0 Å². The van der Waals surface area contributed by atoms with Crippen LogP contribution in [0.4, 0.5) is 5.69 Å². The predicted octanol–water partition coefficient (Wildman–Crippen LogP) is 3.54. The van der Waals surface area contributed by atoms with E-state index >= 15 is 0 Å². The van der Waals surface area contributed by atoms with E-state index in [4.69, 9.17) is 9.47 Å². The number of fused-ring (bicyclic) bond motifs is 1. The van der Waals surface area contributed by atoms with E-state index < -0.39 is 42.3 Å². The number of carbonyl (C=O) groups is 5. The van der Waals surface area contributed by atoms with E-state index in [1.54, 1.807) is 36.4 Å². The van der Waals surface area contributed by atoms with Crippen molar-refractivity contribution in [2.45, 2.75) is 39.2 Å². The number of allylic oxidation sites excluding steroid dienone is 2. The summed E-state index contributed by atoms with van der Waals surface area (Å²) in [7, 11) is 0. The fraction of sp³-hybridized carbons (Fsp3) is 0.367. The molecular weight excluding hydrogens is 500 g/mol. The van der Waals surface area contributed by atoms with Gasteiger partial charge in [0.05, 0.1) is 24.0 Å². The molecule has 204 valence electrons. The highest BCUT2D eigenvalue weighted by Gasteiger charge is 2.51. The van der Waals surface area contributed by atoms with Crippen LogP contribution in [0, 0.1) is 17.8 Å². The quantitative estimate of drug-likeness (QED) is 0.282. The minimum atomic E-state index is -1.18. The molecule has 1 saturated heterocycles. The van der Waals surface area contributed by atoms with E-state index in [-0.39, 0.29) is 24.2 Å². The Bertz CT molecular complexity index is 1230. The second-order valence-corrected chi connectivity index (χ2v) is 10.1.